The molecular formula is C13H19NO3S. The molecule has 1 saturated heterocycles. The molecule has 0 spiro atoms. The molecule has 0 bridgehead atoms. The fraction of sp³-hybridized carbons (Fsp3) is 0.538. The normalized spacial score (nSPS) is 16.6. The van der Waals surface area contributed by atoms with Crippen molar-refractivity contribution in [3.8, 4) is 11.5 Å². The van der Waals surface area contributed by atoms with Crippen LogP contribution in [0.2, 0.25) is 0 Å². The van der Waals surface area contributed by atoms with Crippen LogP contribution in [0.3, 0.4) is 0 Å². The first-order valence-electron chi connectivity index (χ1n) is 6.11. The summed E-state index contributed by atoms with van der Waals surface area (Å²) in [5, 5.41) is 8.69. The minimum atomic E-state index is 0.293. The molecule has 2 N–H and O–H groups in total. The van der Waals surface area contributed by atoms with Crippen LogP contribution >= 0.6 is 11.8 Å². The monoisotopic (exact) mass is 269 g/mol. The van der Waals surface area contributed by atoms with Crippen molar-refractivity contribution < 1.29 is 14.7 Å². The first-order chi connectivity index (χ1) is 8.83. The van der Waals surface area contributed by atoms with Gasteiger partial charge >= 0.3 is 0 Å². The summed E-state index contributed by atoms with van der Waals surface area (Å²) in [6.07, 6.45) is 2.48. The minimum absolute atomic E-state index is 0.293. The number of thioether (sulfide) groups is 1. The molecule has 0 aromatic heterocycles. The summed E-state index contributed by atoms with van der Waals surface area (Å²) >= 11 is 1.98. The van der Waals surface area contributed by atoms with Gasteiger partial charge in [-0.2, -0.15) is 11.8 Å². The van der Waals surface area contributed by atoms with E-state index in [0.717, 1.165) is 29.9 Å². The Hall–Kier alpha value is -0.910. The number of hydroxylamine groups is 1. The van der Waals surface area contributed by atoms with E-state index in [2.05, 4.69) is 5.48 Å². The predicted octanol–water partition coefficient (Wildman–Crippen LogP) is 2.45. The lowest BCUT2D eigenvalue weighted by Gasteiger charge is -2.23. The summed E-state index contributed by atoms with van der Waals surface area (Å²) in [5.74, 6) is 3.84. The van der Waals surface area contributed by atoms with Crippen molar-refractivity contribution in [1.29, 1.82) is 0 Å². The molecule has 100 valence electrons. The summed E-state index contributed by atoms with van der Waals surface area (Å²) < 4.78 is 11.3. The third-order valence-corrected chi connectivity index (χ3v) is 4.02. The van der Waals surface area contributed by atoms with E-state index in [1.54, 1.807) is 7.11 Å². The van der Waals surface area contributed by atoms with Gasteiger partial charge in [-0.3, -0.25) is 0 Å². The molecule has 0 amide bonds. The summed E-state index contributed by atoms with van der Waals surface area (Å²) in [6.45, 7) is 0.400. The Kier molecular flexibility index (Phi) is 5.16. The fourth-order valence-corrected chi connectivity index (χ4v) is 3.05. The highest BCUT2D eigenvalue weighted by Gasteiger charge is 2.17. The van der Waals surface area contributed by atoms with Gasteiger partial charge in [0.2, 0.25) is 0 Å². The van der Waals surface area contributed by atoms with Gasteiger partial charge in [0.1, 0.15) is 6.10 Å². The molecule has 18 heavy (non-hydrogen) atoms. The van der Waals surface area contributed by atoms with Gasteiger partial charge in [0.15, 0.2) is 11.5 Å². The van der Waals surface area contributed by atoms with Crippen LogP contribution in [0.25, 0.3) is 0 Å². The van der Waals surface area contributed by atoms with Crippen LogP contribution in [-0.4, -0.2) is 29.9 Å². The third kappa shape index (κ3) is 3.54. The maximum Gasteiger partial charge on any atom is 0.161 e. The lowest BCUT2D eigenvalue weighted by atomic mass is 10.2. The number of nitrogens with one attached hydrogen (secondary N) is 1. The average molecular weight is 269 g/mol. The second-order valence-electron chi connectivity index (χ2n) is 4.25. The first kappa shape index (κ1) is 13.5. The van der Waals surface area contributed by atoms with Crippen LogP contribution in [0, 0.1) is 0 Å². The molecule has 0 radical (unpaired) electrons. The Labute approximate surface area is 112 Å². The quantitative estimate of drug-likeness (QED) is 0.804. The molecule has 5 heteroatoms. The van der Waals surface area contributed by atoms with Crippen LogP contribution in [-0.2, 0) is 6.54 Å². The molecular weight excluding hydrogens is 250 g/mol. The highest BCUT2D eigenvalue weighted by atomic mass is 32.2. The lowest BCUT2D eigenvalue weighted by molar-refractivity contribution is 0.161. The van der Waals surface area contributed by atoms with Crippen LogP contribution in [0.1, 0.15) is 18.4 Å². The summed E-state index contributed by atoms with van der Waals surface area (Å²) in [7, 11) is 1.63. The lowest BCUT2D eigenvalue weighted by Crippen LogP contribution is -2.22. The topological polar surface area (TPSA) is 50.7 Å². The van der Waals surface area contributed by atoms with Crippen LogP contribution in [0.5, 0.6) is 11.5 Å². The van der Waals surface area contributed by atoms with E-state index >= 15 is 0 Å². The molecule has 1 fully saturated rings. The van der Waals surface area contributed by atoms with Gasteiger partial charge in [0.25, 0.3) is 0 Å². The standard InChI is InChI=1S/C13H19NO3S/c1-16-13-8-10(9-14-15)2-3-12(13)17-11-4-6-18-7-5-11/h2-3,8,11,14-15H,4-7,9H2,1H3. The van der Waals surface area contributed by atoms with Crippen molar-refractivity contribution in [2.24, 2.45) is 0 Å². The largest absolute Gasteiger partial charge is 0.493 e. The molecule has 0 aliphatic carbocycles. The molecule has 1 aromatic rings. The third-order valence-electron chi connectivity index (χ3n) is 2.97. The Morgan fingerprint density at radius 2 is 2.11 bits per heavy atom. The second kappa shape index (κ2) is 6.87. The maximum absolute atomic E-state index is 8.69. The zero-order valence-corrected chi connectivity index (χ0v) is 11.3. The van der Waals surface area contributed by atoms with Crippen LogP contribution < -0.4 is 15.0 Å². The molecule has 1 heterocycles. The smallest absolute Gasteiger partial charge is 0.161 e. The van der Waals surface area contributed by atoms with Gasteiger partial charge in [0, 0.05) is 6.54 Å². The molecule has 0 atom stereocenters. The summed E-state index contributed by atoms with van der Waals surface area (Å²) in [5.41, 5.74) is 3.10. The Bertz CT molecular complexity index is 380. The maximum atomic E-state index is 8.69. The van der Waals surface area contributed by atoms with Crippen molar-refractivity contribution in [2.45, 2.75) is 25.5 Å². The molecule has 1 aliphatic rings. The van der Waals surface area contributed by atoms with Crippen molar-refractivity contribution in [3.63, 3.8) is 0 Å². The second-order valence-corrected chi connectivity index (χ2v) is 5.47. The van der Waals surface area contributed by atoms with E-state index in [4.69, 9.17) is 14.7 Å². The zero-order valence-electron chi connectivity index (χ0n) is 10.5. The average Bonchev–Trinajstić information content (AvgIpc) is 2.42. The Morgan fingerprint density at radius 1 is 1.33 bits per heavy atom. The number of ether oxygens (including phenoxy) is 2. The minimum Gasteiger partial charge on any atom is -0.493 e. The number of benzene rings is 1. The SMILES string of the molecule is COc1cc(CNO)ccc1OC1CCSCC1. The van der Waals surface area contributed by atoms with Gasteiger partial charge in [-0.25, -0.2) is 5.48 Å². The number of rotatable bonds is 5. The molecule has 0 saturated carbocycles. The van der Waals surface area contributed by atoms with E-state index in [0.29, 0.717) is 12.6 Å². The highest BCUT2D eigenvalue weighted by molar-refractivity contribution is 7.99. The van der Waals surface area contributed by atoms with Crippen LogP contribution in [0.15, 0.2) is 18.2 Å². The van der Waals surface area contributed by atoms with Crippen molar-refractivity contribution in [2.75, 3.05) is 18.6 Å². The molecule has 1 aromatic carbocycles. The Balaban J connectivity index is 2.06. The first-order valence-corrected chi connectivity index (χ1v) is 7.27. The van der Waals surface area contributed by atoms with E-state index in [1.165, 1.54) is 11.5 Å². The van der Waals surface area contributed by atoms with Crippen molar-refractivity contribution in [1.82, 2.24) is 5.48 Å². The predicted molar refractivity (Wildman–Crippen MR) is 72.6 cm³/mol. The van der Waals surface area contributed by atoms with Gasteiger partial charge in [-0.15, -0.1) is 0 Å². The number of methoxy groups -OCH3 is 1. The van der Waals surface area contributed by atoms with Gasteiger partial charge < -0.3 is 14.7 Å². The van der Waals surface area contributed by atoms with Gasteiger partial charge in [0.05, 0.1) is 7.11 Å². The van der Waals surface area contributed by atoms with E-state index < -0.39 is 0 Å². The summed E-state index contributed by atoms with van der Waals surface area (Å²) in [6, 6.07) is 5.72. The number of hydrogen-bond acceptors (Lipinski definition) is 5. The molecule has 1 aliphatic heterocycles. The van der Waals surface area contributed by atoms with Gasteiger partial charge in [-0.1, -0.05) is 6.07 Å². The molecule has 0 unspecified atom stereocenters. The van der Waals surface area contributed by atoms with Crippen LogP contribution in [0.4, 0.5) is 0 Å². The molecule has 4 nitrogen and oxygen atoms in total. The van der Waals surface area contributed by atoms with E-state index in [9.17, 15) is 0 Å². The van der Waals surface area contributed by atoms with E-state index in [1.807, 2.05) is 30.0 Å². The Morgan fingerprint density at radius 3 is 2.78 bits per heavy atom. The van der Waals surface area contributed by atoms with Crippen molar-refractivity contribution >= 4 is 11.8 Å². The fourth-order valence-electron chi connectivity index (χ4n) is 1.98. The molecule has 2 rings (SSSR count). The highest BCUT2D eigenvalue weighted by Crippen LogP contribution is 2.31. The number of hydrogen-bond donors (Lipinski definition) is 2. The summed E-state index contributed by atoms with van der Waals surface area (Å²) in [4.78, 5) is 0. The van der Waals surface area contributed by atoms with E-state index in [-0.39, 0.29) is 0 Å². The van der Waals surface area contributed by atoms with Gasteiger partial charge in [-0.05, 0) is 42.0 Å². The van der Waals surface area contributed by atoms with Crippen molar-refractivity contribution in [3.05, 3.63) is 23.8 Å². The zero-order chi connectivity index (χ0) is 12.8.